The monoisotopic (exact) mass is 221 g/mol. The molecule has 0 saturated heterocycles. The van der Waals surface area contributed by atoms with Crippen LogP contribution in [0.3, 0.4) is 0 Å². The first kappa shape index (κ1) is 16.7. The average Bonchev–Trinajstić information content (AvgIpc) is 2.10. The highest BCUT2D eigenvalue weighted by Gasteiger charge is 2.11. The topological polar surface area (TPSA) is 26.0 Å². The Bertz CT molecular complexity index is 104. The van der Waals surface area contributed by atoms with E-state index in [1.54, 1.807) is 0 Å². The van der Waals surface area contributed by atoms with Crippen molar-refractivity contribution in [1.82, 2.24) is 0 Å². The molecule has 0 aromatic heterocycles. The van der Waals surface area contributed by atoms with E-state index in [2.05, 4.69) is 20.8 Å². The van der Waals surface area contributed by atoms with Crippen molar-refractivity contribution in [1.29, 1.82) is 0 Å². The van der Waals surface area contributed by atoms with Gasteiger partial charge in [0.05, 0.1) is 0 Å². The molecule has 2 N–H and O–H groups in total. The maximum absolute atomic E-state index is 5.94. The third-order valence-electron chi connectivity index (χ3n) is 2.83. The highest BCUT2D eigenvalue weighted by molar-refractivity contribution is 5.85. The molecule has 0 aliphatic rings. The van der Waals surface area contributed by atoms with E-state index in [0.29, 0.717) is 6.04 Å². The zero-order valence-corrected chi connectivity index (χ0v) is 10.9. The fourth-order valence-corrected chi connectivity index (χ4v) is 1.87. The van der Waals surface area contributed by atoms with E-state index in [-0.39, 0.29) is 12.4 Å². The van der Waals surface area contributed by atoms with Gasteiger partial charge in [-0.25, -0.2) is 0 Å². The van der Waals surface area contributed by atoms with E-state index < -0.39 is 0 Å². The van der Waals surface area contributed by atoms with Crippen molar-refractivity contribution in [3.05, 3.63) is 0 Å². The Morgan fingerprint density at radius 3 is 2.00 bits per heavy atom. The molecule has 88 valence electrons. The minimum atomic E-state index is 0. The van der Waals surface area contributed by atoms with Crippen LogP contribution in [0.25, 0.3) is 0 Å². The molecule has 0 aliphatic carbocycles. The van der Waals surface area contributed by atoms with Gasteiger partial charge in [0.15, 0.2) is 0 Å². The Labute approximate surface area is 96.2 Å². The highest BCUT2D eigenvalue weighted by atomic mass is 35.5. The van der Waals surface area contributed by atoms with Crippen molar-refractivity contribution in [3.8, 4) is 0 Å². The molecule has 0 aromatic rings. The van der Waals surface area contributed by atoms with E-state index in [9.17, 15) is 0 Å². The minimum absolute atomic E-state index is 0. The zero-order chi connectivity index (χ0) is 10.1. The molecule has 0 spiro atoms. The van der Waals surface area contributed by atoms with Crippen LogP contribution < -0.4 is 5.73 Å². The van der Waals surface area contributed by atoms with Crippen LogP contribution in [0.1, 0.15) is 65.7 Å². The summed E-state index contributed by atoms with van der Waals surface area (Å²) in [6, 6.07) is 0.390. The molecule has 2 unspecified atom stereocenters. The molecule has 2 heteroatoms. The predicted molar refractivity (Wildman–Crippen MR) is 68.1 cm³/mol. The smallest absolute Gasteiger partial charge is 0.00387 e. The van der Waals surface area contributed by atoms with Gasteiger partial charge in [0.2, 0.25) is 0 Å². The maximum atomic E-state index is 5.94. The van der Waals surface area contributed by atoms with E-state index in [1.165, 1.54) is 44.9 Å². The third kappa shape index (κ3) is 8.83. The van der Waals surface area contributed by atoms with Crippen LogP contribution in [0.4, 0.5) is 0 Å². The molecular weight excluding hydrogens is 194 g/mol. The van der Waals surface area contributed by atoms with Crippen molar-refractivity contribution in [2.75, 3.05) is 0 Å². The van der Waals surface area contributed by atoms with Gasteiger partial charge in [-0.3, -0.25) is 0 Å². The molecule has 0 aromatic carbocycles. The normalized spacial score (nSPS) is 14.6. The van der Waals surface area contributed by atoms with Gasteiger partial charge in [-0.05, 0) is 25.7 Å². The Morgan fingerprint density at radius 2 is 1.57 bits per heavy atom. The molecular formula is C12H28ClN. The van der Waals surface area contributed by atoms with Gasteiger partial charge in [-0.2, -0.15) is 0 Å². The maximum Gasteiger partial charge on any atom is 0.00387 e. The number of unbranched alkanes of at least 4 members (excludes halogenated alkanes) is 3. The molecule has 0 rings (SSSR count). The average molecular weight is 222 g/mol. The van der Waals surface area contributed by atoms with E-state index in [4.69, 9.17) is 5.73 Å². The molecule has 0 aliphatic heterocycles. The summed E-state index contributed by atoms with van der Waals surface area (Å²) in [5.74, 6) is 0.766. The minimum Gasteiger partial charge on any atom is -0.328 e. The van der Waals surface area contributed by atoms with Crippen molar-refractivity contribution >= 4 is 12.4 Å². The van der Waals surface area contributed by atoms with Gasteiger partial charge in [0, 0.05) is 6.04 Å². The lowest BCUT2D eigenvalue weighted by Crippen LogP contribution is -2.26. The van der Waals surface area contributed by atoms with E-state index in [0.717, 1.165) is 5.92 Å². The summed E-state index contributed by atoms with van der Waals surface area (Å²) in [5.41, 5.74) is 5.94. The molecule has 0 amide bonds. The zero-order valence-electron chi connectivity index (χ0n) is 10.1. The van der Waals surface area contributed by atoms with Crippen molar-refractivity contribution < 1.29 is 0 Å². The number of halogens is 1. The number of rotatable bonds is 8. The Morgan fingerprint density at radius 1 is 0.929 bits per heavy atom. The lowest BCUT2D eigenvalue weighted by Gasteiger charge is -2.19. The lowest BCUT2D eigenvalue weighted by molar-refractivity contribution is 0.367. The number of hydrogen-bond donors (Lipinski definition) is 1. The van der Waals surface area contributed by atoms with Crippen LogP contribution in [0, 0.1) is 5.92 Å². The molecule has 2 atom stereocenters. The Balaban J connectivity index is 0. The van der Waals surface area contributed by atoms with Crippen molar-refractivity contribution in [2.24, 2.45) is 11.7 Å². The summed E-state index contributed by atoms with van der Waals surface area (Å²) in [6.07, 6.45) is 9.41. The molecule has 1 nitrogen and oxygen atoms in total. The first-order valence-electron chi connectivity index (χ1n) is 5.97. The lowest BCUT2D eigenvalue weighted by atomic mass is 9.91. The van der Waals surface area contributed by atoms with Crippen LogP contribution in [0.5, 0.6) is 0 Å². The summed E-state index contributed by atoms with van der Waals surface area (Å²) in [4.78, 5) is 0. The fraction of sp³-hybridized carbons (Fsp3) is 1.00. The molecule has 0 bridgehead atoms. The van der Waals surface area contributed by atoms with Crippen LogP contribution in [-0.4, -0.2) is 6.04 Å². The molecule has 0 radical (unpaired) electrons. The van der Waals surface area contributed by atoms with Crippen LogP contribution in [0.15, 0.2) is 0 Å². The third-order valence-corrected chi connectivity index (χ3v) is 2.83. The first-order chi connectivity index (χ1) is 6.22. The summed E-state index contributed by atoms with van der Waals surface area (Å²) >= 11 is 0. The molecule has 0 saturated carbocycles. The fourth-order valence-electron chi connectivity index (χ4n) is 1.87. The molecule has 0 heterocycles. The summed E-state index contributed by atoms with van der Waals surface area (Å²) in [5, 5.41) is 0. The number of nitrogens with two attached hydrogens (primary N) is 1. The van der Waals surface area contributed by atoms with E-state index in [1.807, 2.05) is 0 Å². The van der Waals surface area contributed by atoms with Gasteiger partial charge < -0.3 is 5.73 Å². The van der Waals surface area contributed by atoms with Crippen molar-refractivity contribution in [2.45, 2.75) is 71.8 Å². The van der Waals surface area contributed by atoms with Crippen LogP contribution in [-0.2, 0) is 0 Å². The molecule has 14 heavy (non-hydrogen) atoms. The van der Waals surface area contributed by atoms with Crippen molar-refractivity contribution in [3.63, 3.8) is 0 Å². The quantitative estimate of drug-likeness (QED) is 0.613. The van der Waals surface area contributed by atoms with E-state index >= 15 is 0 Å². The largest absolute Gasteiger partial charge is 0.328 e. The van der Waals surface area contributed by atoms with Gasteiger partial charge in [0.25, 0.3) is 0 Å². The SMILES string of the molecule is CCCCCCC(CCC)C(C)N.Cl. The van der Waals surface area contributed by atoms with Gasteiger partial charge in [-0.15, -0.1) is 12.4 Å². The standard InChI is InChI=1S/C12H27N.ClH/c1-4-6-7-8-10-12(9-5-2)11(3)13;/h11-12H,4-10,13H2,1-3H3;1H. The van der Waals surface area contributed by atoms with Gasteiger partial charge in [0.1, 0.15) is 0 Å². The highest BCUT2D eigenvalue weighted by Crippen LogP contribution is 2.18. The van der Waals surface area contributed by atoms with Crippen LogP contribution in [0.2, 0.25) is 0 Å². The predicted octanol–water partition coefficient (Wildman–Crippen LogP) is 4.14. The summed E-state index contributed by atoms with van der Waals surface area (Å²) in [7, 11) is 0. The Hall–Kier alpha value is 0.250. The van der Waals surface area contributed by atoms with Gasteiger partial charge >= 0.3 is 0 Å². The second-order valence-electron chi connectivity index (χ2n) is 4.26. The second-order valence-corrected chi connectivity index (χ2v) is 4.26. The second kappa shape index (κ2) is 11.3. The summed E-state index contributed by atoms with van der Waals surface area (Å²) in [6.45, 7) is 6.66. The number of hydrogen-bond acceptors (Lipinski definition) is 1. The Kier molecular flexibility index (Phi) is 13.5. The van der Waals surface area contributed by atoms with Gasteiger partial charge in [-0.1, -0.05) is 46.0 Å². The summed E-state index contributed by atoms with van der Waals surface area (Å²) < 4.78 is 0. The molecule has 0 fully saturated rings. The van der Waals surface area contributed by atoms with Crippen LogP contribution >= 0.6 is 12.4 Å². The first-order valence-corrected chi connectivity index (χ1v) is 5.97.